The number of carboxylic acids is 1. The van der Waals surface area contributed by atoms with E-state index in [9.17, 15) is 23.8 Å². The van der Waals surface area contributed by atoms with Crippen LogP contribution in [0.3, 0.4) is 0 Å². The van der Waals surface area contributed by atoms with Crippen molar-refractivity contribution in [2.24, 2.45) is 0 Å². The number of benzene rings is 4. The van der Waals surface area contributed by atoms with Crippen LogP contribution in [0.15, 0.2) is 75.7 Å². The van der Waals surface area contributed by atoms with Gasteiger partial charge in [-0.1, -0.05) is 50.2 Å². The van der Waals surface area contributed by atoms with Gasteiger partial charge in [-0.15, -0.1) is 0 Å². The van der Waals surface area contributed by atoms with Crippen molar-refractivity contribution in [3.8, 4) is 23.0 Å². The number of rotatable bonds is 9. The largest absolute Gasteiger partial charge is 0.505 e. The van der Waals surface area contributed by atoms with Crippen LogP contribution in [-0.4, -0.2) is 23.3 Å². The molecule has 0 saturated carbocycles. The number of aromatic hydroxyl groups is 1. The number of phenolic OH excluding ortho intramolecular Hbond substituents is 1. The van der Waals surface area contributed by atoms with Crippen molar-refractivity contribution in [1.82, 2.24) is 0 Å². The lowest BCUT2D eigenvalue weighted by molar-refractivity contribution is -0.136. The quantitative estimate of drug-likeness (QED) is 0.173. The van der Waals surface area contributed by atoms with Crippen molar-refractivity contribution in [3.63, 3.8) is 0 Å². The molecule has 4 aromatic carbocycles. The van der Waals surface area contributed by atoms with E-state index in [1.807, 2.05) is 50.2 Å². The maximum absolute atomic E-state index is 14.6. The summed E-state index contributed by atoms with van der Waals surface area (Å²) in [5.74, 6) is -3.66. The van der Waals surface area contributed by atoms with Crippen molar-refractivity contribution >= 4 is 37.8 Å². The van der Waals surface area contributed by atoms with Gasteiger partial charge in [0.15, 0.2) is 17.3 Å². The van der Waals surface area contributed by atoms with Crippen molar-refractivity contribution in [2.45, 2.75) is 32.1 Å². The summed E-state index contributed by atoms with van der Waals surface area (Å²) in [6.45, 7) is 4.01. The van der Waals surface area contributed by atoms with Crippen LogP contribution in [0.4, 0.5) is 8.78 Å². The van der Waals surface area contributed by atoms with Gasteiger partial charge in [-0.3, -0.25) is 4.79 Å². The summed E-state index contributed by atoms with van der Waals surface area (Å²) in [4.78, 5) is 11.2. The summed E-state index contributed by atoms with van der Waals surface area (Å²) in [7, 11) is 1.55. The number of methoxy groups -OCH3 is 1. The van der Waals surface area contributed by atoms with Gasteiger partial charge in [0.1, 0.15) is 11.5 Å². The lowest BCUT2D eigenvalue weighted by Gasteiger charge is -2.26. The van der Waals surface area contributed by atoms with Crippen molar-refractivity contribution in [3.05, 3.63) is 115 Å². The van der Waals surface area contributed by atoms with Crippen LogP contribution in [0.5, 0.6) is 23.0 Å². The van der Waals surface area contributed by atoms with Gasteiger partial charge in [0.25, 0.3) is 0 Å². The van der Waals surface area contributed by atoms with E-state index in [0.29, 0.717) is 42.9 Å². The first-order chi connectivity index (χ1) is 19.0. The monoisotopic (exact) mass is 674 g/mol. The summed E-state index contributed by atoms with van der Waals surface area (Å²) < 4.78 is 41.9. The highest BCUT2D eigenvalue weighted by molar-refractivity contribution is 9.11. The second kappa shape index (κ2) is 12.4. The van der Waals surface area contributed by atoms with Gasteiger partial charge in [-0.25, -0.2) is 4.39 Å². The molecule has 208 valence electrons. The van der Waals surface area contributed by atoms with E-state index >= 15 is 0 Å². The van der Waals surface area contributed by atoms with Crippen LogP contribution < -0.4 is 9.47 Å². The molecule has 4 rings (SSSR count). The topological polar surface area (TPSA) is 76.0 Å². The number of carbonyl (C=O) groups is 1. The second-order valence-corrected chi connectivity index (χ2v) is 11.2. The normalized spacial score (nSPS) is 11.9. The van der Waals surface area contributed by atoms with Gasteiger partial charge in [-0.2, -0.15) is 4.39 Å². The van der Waals surface area contributed by atoms with E-state index in [1.165, 1.54) is 6.07 Å². The third kappa shape index (κ3) is 6.15. The number of carboxylic acid groups (broad SMARTS) is 1. The zero-order valence-corrected chi connectivity index (χ0v) is 25.0. The summed E-state index contributed by atoms with van der Waals surface area (Å²) in [5, 5.41) is 20.0. The fourth-order valence-corrected chi connectivity index (χ4v) is 6.03. The Kier molecular flexibility index (Phi) is 9.15. The Morgan fingerprint density at radius 2 is 1.52 bits per heavy atom. The van der Waals surface area contributed by atoms with Crippen molar-refractivity contribution in [2.75, 3.05) is 7.11 Å². The second-order valence-electron chi connectivity index (χ2n) is 9.49. The van der Waals surface area contributed by atoms with E-state index in [1.54, 1.807) is 25.3 Å². The van der Waals surface area contributed by atoms with Crippen LogP contribution in [0.2, 0.25) is 0 Å². The number of hydrogen-bond donors (Lipinski definition) is 2. The van der Waals surface area contributed by atoms with E-state index in [-0.39, 0.29) is 17.9 Å². The van der Waals surface area contributed by atoms with E-state index in [2.05, 4.69) is 31.9 Å². The lowest BCUT2D eigenvalue weighted by Crippen LogP contribution is -2.09. The first-order valence-corrected chi connectivity index (χ1v) is 13.9. The minimum atomic E-state index is -1.34. The van der Waals surface area contributed by atoms with Crippen molar-refractivity contribution in [1.29, 1.82) is 0 Å². The van der Waals surface area contributed by atoms with Gasteiger partial charge in [0.2, 0.25) is 5.82 Å². The average molecular weight is 676 g/mol. The Balaban J connectivity index is 1.99. The van der Waals surface area contributed by atoms with Gasteiger partial charge in [0, 0.05) is 22.6 Å². The highest BCUT2D eigenvalue weighted by atomic mass is 79.9. The lowest BCUT2D eigenvalue weighted by atomic mass is 9.82. The Labute approximate surface area is 247 Å². The van der Waals surface area contributed by atoms with E-state index in [0.717, 1.165) is 11.6 Å². The number of phenols is 1. The highest BCUT2D eigenvalue weighted by Crippen LogP contribution is 2.48. The molecule has 1 unspecified atom stereocenters. The Bertz CT molecular complexity index is 1530. The van der Waals surface area contributed by atoms with Gasteiger partial charge < -0.3 is 19.7 Å². The molecule has 1 atom stereocenters. The molecule has 0 aliphatic carbocycles. The molecule has 2 N–H and O–H groups in total. The Morgan fingerprint density at radius 1 is 0.900 bits per heavy atom. The standard InChI is InChI=1S/C31H26Br2F2O5/c1-16(2)20-14-26(40-31-22(32)11-17(12-23(31)33)13-27(36)37)21(15-25(20)39-3)28(18-7-5-4-6-8-18)19-9-10-24(34)29(35)30(19)38/h4-12,14-16,28,38H,13H2,1-3H3,(H,36,37). The maximum atomic E-state index is 14.6. The summed E-state index contributed by atoms with van der Waals surface area (Å²) in [6.07, 6.45) is -0.172. The zero-order valence-electron chi connectivity index (χ0n) is 21.8. The van der Waals surface area contributed by atoms with Crippen LogP contribution in [0.25, 0.3) is 0 Å². The van der Waals surface area contributed by atoms with Gasteiger partial charge >= 0.3 is 5.97 Å². The molecule has 0 bridgehead atoms. The molecule has 0 radical (unpaired) electrons. The molecule has 0 amide bonds. The first kappa shape index (κ1) is 29.6. The Morgan fingerprint density at radius 3 is 2.10 bits per heavy atom. The number of halogens is 4. The van der Waals surface area contributed by atoms with Gasteiger partial charge in [0.05, 0.1) is 22.5 Å². The molecule has 0 spiro atoms. The predicted octanol–water partition coefficient (Wildman–Crippen LogP) is 8.93. The summed E-state index contributed by atoms with van der Waals surface area (Å²) >= 11 is 7.00. The number of aliphatic carboxylic acids is 1. The SMILES string of the molecule is COc1cc(C(c2ccccc2)c2ccc(F)c(F)c2O)c(Oc2c(Br)cc(CC(=O)O)cc2Br)cc1C(C)C. The highest BCUT2D eigenvalue weighted by Gasteiger charge is 2.29. The number of hydrogen-bond acceptors (Lipinski definition) is 4. The molecule has 0 aliphatic heterocycles. The molecule has 0 saturated heterocycles. The minimum absolute atomic E-state index is 0.0445. The van der Waals surface area contributed by atoms with Gasteiger partial charge in [-0.05, 0) is 79.2 Å². The molecule has 5 nitrogen and oxygen atoms in total. The predicted molar refractivity (Wildman–Crippen MR) is 156 cm³/mol. The third-order valence-corrected chi connectivity index (χ3v) is 7.64. The summed E-state index contributed by atoms with van der Waals surface area (Å²) in [5.41, 5.74) is 2.77. The smallest absolute Gasteiger partial charge is 0.307 e. The van der Waals surface area contributed by atoms with Crippen LogP contribution in [0, 0.1) is 11.6 Å². The minimum Gasteiger partial charge on any atom is -0.505 e. The maximum Gasteiger partial charge on any atom is 0.307 e. The molecule has 0 aliphatic rings. The zero-order chi connectivity index (χ0) is 29.1. The molecule has 0 heterocycles. The van der Waals surface area contributed by atoms with Crippen LogP contribution in [0.1, 0.15) is 53.5 Å². The number of ether oxygens (including phenoxy) is 2. The molecule has 0 fully saturated rings. The van der Waals surface area contributed by atoms with E-state index in [4.69, 9.17) is 9.47 Å². The van der Waals surface area contributed by atoms with Crippen LogP contribution in [-0.2, 0) is 11.2 Å². The molecular weight excluding hydrogens is 650 g/mol. The molecule has 9 heteroatoms. The third-order valence-electron chi connectivity index (χ3n) is 6.46. The fourth-order valence-electron chi connectivity index (χ4n) is 4.59. The Hall–Kier alpha value is -3.43. The molecule has 4 aromatic rings. The first-order valence-electron chi connectivity index (χ1n) is 12.3. The summed E-state index contributed by atoms with van der Waals surface area (Å²) in [6, 6.07) is 18.4. The molecular formula is C31H26Br2F2O5. The van der Waals surface area contributed by atoms with Crippen LogP contribution >= 0.6 is 31.9 Å². The average Bonchev–Trinajstić information content (AvgIpc) is 2.91. The van der Waals surface area contributed by atoms with Crippen molar-refractivity contribution < 1.29 is 33.3 Å². The van der Waals surface area contributed by atoms with E-state index < -0.39 is 29.3 Å². The fraction of sp³-hybridized carbons (Fsp3) is 0.194. The molecule has 40 heavy (non-hydrogen) atoms. The molecule has 0 aromatic heterocycles.